The molecule has 0 aliphatic rings. The molecule has 0 spiro atoms. The van der Waals surface area contributed by atoms with Gasteiger partial charge in [-0.3, -0.25) is 9.59 Å². The highest BCUT2D eigenvalue weighted by molar-refractivity contribution is 7.18. The second-order valence-corrected chi connectivity index (χ2v) is 7.71. The monoisotopic (exact) mass is 381 g/mol. The van der Waals surface area contributed by atoms with Crippen molar-refractivity contribution in [3.63, 3.8) is 0 Å². The van der Waals surface area contributed by atoms with Crippen molar-refractivity contribution in [1.82, 2.24) is 9.88 Å². The molecule has 3 aromatic rings. The molecule has 5 nitrogen and oxygen atoms in total. The minimum Gasteiger partial charge on any atom is -0.366 e. The molecule has 2 aromatic carbocycles. The molecule has 0 saturated heterocycles. The SMILES string of the molecule is CN(Cc1cccc(C(N)=O)c1)C(=O)CCCCc1nc2ccccc2s1. The molecule has 0 aliphatic carbocycles. The van der Waals surface area contributed by atoms with E-state index in [1.807, 2.05) is 24.3 Å². The Morgan fingerprint density at radius 2 is 1.93 bits per heavy atom. The molecule has 2 amide bonds. The van der Waals surface area contributed by atoms with Gasteiger partial charge in [0.05, 0.1) is 15.2 Å². The molecule has 3 rings (SSSR count). The van der Waals surface area contributed by atoms with Gasteiger partial charge in [-0.05, 0) is 49.1 Å². The number of rotatable bonds is 8. The fraction of sp³-hybridized carbons (Fsp3) is 0.286. The highest BCUT2D eigenvalue weighted by Gasteiger charge is 2.11. The van der Waals surface area contributed by atoms with Gasteiger partial charge in [-0.2, -0.15) is 0 Å². The highest BCUT2D eigenvalue weighted by atomic mass is 32.1. The Morgan fingerprint density at radius 3 is 2.70 bits per heavy atom. The van der Waals surface area contributed by atoms with Crippen molar-refractivity contribution in [3.05, 3.63) is 64.7 Å². The van der Waals surface area contributed by atoms with Crippen LogP contribution in [0.4, 0.5) is 0 Å². The van der Waals surface area contributed by atoms with Crippen LogP contribution in [0.3, 0.4) is 0 Å². The lowest BCUT2D eigenvalue weighted by Gasteiger charge is -2.17. The van der Waals surface area contributed by atoms with Crippen LogP contribution >= 0.6 is 11.3 Å². The van der Waals surface area contributed by atoms with E-state index in [0.29, 0.717) is 18.5 Å². The number of hydrogen-bond acceptors (Lipinski definition) is 4. The Balaban J connectivity index is 1.44. The van der Waals surface area contributed by atoms with E-state index in [-0.39, 0.29) is 5.91 Å². The third-order valence-corrected chi connectivity index (χ3v) is 5.52. The summed E-state index contributed by atoms with van der Waals surface area (Å²) in [6, 6.07) is 15.2. The predicted octanol–water partition coefficient (Wildman–Crippen LogP) is 3.77. The number of hydrogen-bond donors (Lipinski definition) is 1. The van der Waals surface area contributed by atoms with Crippen molar-refractivity contribution in [2.75, 3.05) is 7.05 Å². The number of amides is 2. The number of carbonyl (C=O) groups excluding carboxylic acids is 2. The van der Waals surface area contributed by atoms with Crippen LogP contribution in [0.25, 0.3) is 10.2 Å². The van der Waals surface area contributed by atoms with Gasteiger partial charge in [0.2, 0.25) is 11.8 Å². The topological polar surface area (TPSA) is 76.3 Å². The van der Waals surface area contributed by atoms with Gasteiger partial charge in [0.1, 0.15) is 0 Å². The number of carbonyl (C=O) groups is 2. The van der Waals surface area contributed by atoms with Gasteiger partial charge in [0.25, 0.3) is 0 Å². The molecule has 0 fully saturated rings. The number of thiazole rings is 1. The normalized spacial score (nSPS) is 10.9. The van der Waals surface area contributed by atoms with Crippen molar-refractivity contribution >= 4 is 33.4 Å². The van der Waals surface area contributed by atoms with Crippen LogP contribution < -0.4 is 5.73 Å². The second kappa shape index (κ2) is 8.77. The Morgan fingerprint density at radius 1 is 1.11 bits per heavy atom. The number of aromatic nitrogens is 1. The third-order valence-electron chi connectivity index (χ3n) is 4.43. The number of aryl methyl sites for hydroxylation is 1. The molecule has 0 unspecified atom stereocenters. The summed E-state index contributed by atoms with van der Waals surface area (Å²) in [5, 5.41) is 1.13. The lowest BCUT2D eigenvalue weighted by atomic mass is 10.1. The summed E-state index contributed by atoms with van der Waals surface area (Å²) in [5.74, 6) is -0.357. The smallest absolute Gasteiger partial charge is 0.248 e. The van der Waals surface area contributed by atoms with Gasteiger partial charge in [0, 0.05) is 25.6 Å². The predicted molar refractivity (Wildman–Crippen MR) is 109 cm³/mol. The van der Waals surface area contributed by atoms with Gasteiger partial charge in [-0.1, -0.05) is 24.3 Å². The molecule has 0 radical (unpaired) electrons. The number of benzene rings is 2. The minimum atomic E-state index is -0.458. The minimum absolute atomic E-state index is 0.101. The summed E-state index contributed by atoms with van der Waals surface area (Å²) in [6.07, 6.45) is 3.19. The Kier molecular flexibility index (Phi) is 6.19. The number of primary amides is 1. The van der Waals surface area contributed by atoms with Crippen molar-refractivity contribution in [1.29, 1.82) is 0 Å². The number of nitrogens with zero attached hydrogens (tertiary/aromatic N) is 2. The quantitative estimate of drug-likeness (QED) is 0.604. The molecule has 140 valence electrons. The van der Waals surface area contributed by atoms with E-state index in [2.05, 4.69) is 11.1 Å². The zero-order chi connectivity index (χ0) is 19.2. The first-order chi connectivity index (χ1) is 13.0. The third kappa shape index (κ3) is 5.14. The number of fused-ring (bicyclic) bond motifs is 1. The van der Waals surface area contributed by atoms with E-state index in [1.165, 1.54) is 4.70 Å². The molecular weight excluding hydrogens is 358 g/mol. The van der Waals surface area contributed by atoms with Crippen LogP contribution in [0.1, 0.15) is 40.2 Å². The van der Waals surface area contributed by atoms with Crippen LogP contribution in [0.2, 0.25) is 0 Å². The van der Waals surface area contributed by atoms with Crippen molar-refractivity contribution in [2.45, 2.75) is 32.2 Å². The van der Waals surface area contributed by atoms with E-state index in [9.17, 15) is 9.59 Å². The summed E-state index contributed by atoms with van der Waals surface area (Å²) >= 11 is 1.72. The average Bonchev–Trinajstić information content (AvgIpc) is 3.08. The number of unbranched alkanes of at least 4 members (excludes halogenated alkanes) is 1. The molecule has 1 heterocycles. The molecule has 0 saturated carbocycles. The van der Waals surface area contributed by atoms with Gasteiger partial charge in [0.15, 0.2) is 0 Å². The Labute approximate surface area is 162 Å². The number of para-hydroxylation sites is 1. The largest absolute Gasteiger partial charge is 0.366 e. The first-order valence-corrected chi connectivity index (χ1v) is 9.82. The van der Waals surface area contributed by atoms with E-state index < -0.39 is 5.91 Å². The van der Waals surface area contributed by atoms with Crippen LogP contribution in [0.5, 0.6) is 0 Å². The maximum atomic E-state index is 12.3. The summed E-state index contributed by atoms with van der Waals surface area (Å²) in [6.45, 7) is 0.470. The van der Waals surface area contributed by atoms with Crippen LogP contribution in [0, 0.1) is 0 Å². The molecular formula is C21H23N3O2S. The fourth-order valence-corrected chi connectivity index (χ4v) is 3.96. The van der Waals surface area contributed by atoms with E-state index >= 15 is 0 Å². The summed E-state index contributed by atoms with van der Waals surface area (Å²) < 4.78 is 1.21. The zero-order valence-corrected chi connectivity index (χ0v) is 16.2. The standard InChI is InChI=1S/C21H23N3O2S/c1-24(14-15-7-6-8-16(13-15)21(22)26)20(25)12-5-4-11-19-23-17-9-2-3-10-18(17)27-19/h2-3,6-10,13H,4-5,11-12,14H2,1H3,(H2,22,26). The molecule has 2 N–H and O–H groups in total. The maximum Gasteiger partial charge on any atom is 0.248 e. The number of nitrogens with two attached hydrogens (primary N) is 1. The molecule has 0 atom stereocenters. The summed E-state index contributed by atoms with van der Waals surface area (Å²) in [5.41, 5.74) is 7.71. The van der Waals surface area contributed by atoms with Gasteiger partial charge in [-0.25, -0.2) is 4.98 Å². The summed E-state index contributed by atoms with van der Waals surface area (Å²) in [7, 11) is 1.78. The molecule has 27 heavy (non-hydrogen) atoms. The zero-order valence-electron chi connectivity index (χ0n) is 15.4. The molecule has 0 bridgehead atoms. The van der Waals surface area contributed by atoms with E-state index in [1.54, 1.807) is 41.5 Å². The lowest BCUT2D eigenvalue weighted by Crippen LogP contribution is -2.26. The van der Waals surface area contributed by atoms with Crippen LogP contribution in [-0.2, 0) is 17.8 Å². The Bertz CT molecular complexity index is 918. The average molecular weight is 382 g/mol. The van der Waals surface area contributed by atoms with Gasteiger partial charge in [-0.15, -0.1) is 11.3 Å². The molecule has 6 heteroatoms. The Hall–Kier alpha value is -2.73. The second-order valence-electron chi connectivity index (χ2n) is 6.60. The highest BCUT2D eigenvalue weighted by Crippen LogP contribution is 2.23. The van der Waals surface area contributed by atoms with E-state index in [4.69, 9.17) is 5.73 Å². The summed E-state index contributed by atoms with van der Waals surface area (Å²) in [4.78, 5) is 29.9. The first kappa shape index (κ1) is 19.0. The van der Waals surface area contributed by atoms with Crippen molar-refractivity contribution in [3.8, 4) is 0 Å². The molecule has 0 aliphatic heterocycles. The van der Waals surface area contributed by atoms with Crippen LogP contribution in [0.15, 0.2) is 48.5 Å². The fourth-order valence-electron chi connectivity index (χ4n) is 2.96. The first-order valence-electron chi connectivity index (χ1n) is 9.00. The molecule has 1 aromatic heterocycles. The van der Waals surface area contributed by atoms with Crippen molar-refractivity contribution < 1.29 is 9.59 Å². The van der Waals surface area contributed by atoms with Crippen molar-refractivity contribution in [2.24, 2.45) is 5.73 Å². The lowest BCUT2D eigenvalue weighted by molar-refractivity contribution is -0.130. The van der Waals surface area contributed by atoms with Gasteiger partial charge >= 0.3 is 0 Å². The van der Waals surface area contributed by atoms with Crippen LogP contribution in [-0.4, -0.2) is 28.7 Å². The maximum absolute atomic E-state index is 12.3. The van der Waals surface area contributed by atoms with E-state index in [0.717, 1.165) is 35.4 Å². The van der Waals surface area contributed by atoms with Gasteiger partial charge < -0.3 is 10.6 Å².